The van der Waals surface area contributed by atoms with E-state index in [-0.39, 0.29) is 34.5 Å². The molecule has 2 N–H and O–H groups in total. The molecule has 0 bridgehead atoms. The first-order valence-electron chi connectivity index (χ1n) is 9.44. The molecular formula is C20H28FIN4OS. The summed E-state index contributed by atoms with van der Waals surface area (Å²) in [5.74, 6) is 2.32. The fourth-order valence-corrected chi connectivity index (χ4v) is 4.23. The molecule has 2 heterocycles. The zero-order valence-electron chi connectivity index (χ0n) is 16.3. The first-order valence-corrected chi connectivity index (χ1v) is 10.4. The van der Waals surface area contributed by atoms with Crippen LogP contribution in [0.4, 0.5) is 4.39 Å². The second-order valence-corrected chi connectivity index (χ2v) is 8.61. The average molecular weight is 518 g/mol. The van der Waals surface area contributed by atoms with Crippen LogP contribution in [0.3, 0.4) is 0 Å². The Labute approximate surface area is 187 Å². The number of thioether (sulfide) groups is 1. The van der Waals surface area contributed by atoms with Crippen LogP contribution in [0.15, 0.2) is 39.9 Å². The number of oxazole rings is 1. The van der Waals surface area contributed by atoms with Crippen LogP contribution in [0.2, 0.25) is 0 Å². The van der Waals surface area contributed by atoms with Crippen molar-refractivity contribution in [3.63, 3.8) is 0 Å². The standard InChI is InChI=1S/C20H27FN4OS.HI/c1-3-22-19(24-14-20(2)10-4-12-27-20)23-11-9-17-13-26-18(25-17)15-5-7-16(21)8-6-15;/h5-8,13H,3-4,9-12,14H2,1-2H3,(H2,22,23,24);1H. The lowest BCUT2D eigenvalue weighted by Crippen LogP contribution is -2.39. The van der Waals surface area contributed by atoms with Crippen LogP contribution in [-0.2, 0) is 6.42 Å². The van der Waals surface area contributed by atoms with Crippen molar-refractivity contribution in [3.8, 4) is 11.5 Å². The zero-order valence-corrected chi connectivity index (χ0v) is 19.5. The number of halogens is 2. The van der Waals surface area contributed by atoms with Crippen molar-refractivity contribution in [2.45, 2.75) is 37.9 Å². The number of aromatic nitrogens is 1. The molecule has 1 aromatic heterocycles. The first-order chi connectivity index (χ1) is 13.1. The molecular weight excluding hydrogens is 490 g/mol. The molecule has 1 aromatic carbocycles. The van der Waals surface area contributed by atoms with E-state index in [4.69, 9.17) is 9.41 Å². The molecule has 154 valence electrons. The number of nitrogens with one attached hydrogen (secondary N) is 2. The van der Waals surface area contributed by atoms with Gasteiger partial charge in [-0.1, -0.05) is 0 Å². The summed E-state index contributed by atoms with van der Waals surface area (Å²) in [5.41, 5.74) is 1.63. The van der Waals surface area contributed by atoms with Crippen molar-refractivity contribution in [1.29, 1.82) is 0 Å². The van der Waals surface area contributed by atoms with Crippen molar-refractivity contribution >= 4 is 41.7 Å². The van der Waals surface area contributed by atoms with Crippen LogP contribution in [0.5, 0.6) is 0 Å². The maximum atomic E-state index is 13.0. The highest BCUT2D eigenvalue weighted by Crippen LogP contribution is 2.37. The van der Waals surface area contributed by atoms with Gasteiger partial charge in [-0.2, -0.15) is 11.8 Å². The van der Waals surface area contributed by atoms with Crippen molar-refractivity contribution in [2.75, 3.05) is 25.4 Å². The second kappa shape index (κ2) is 11.0. The number of hydrogen-bond donors (Lipinski definition) is 2. The van der Waals surface area contributed by atoms with E-state index in [2.05, 4.69) is 29.5 Å². The van der Waals surface area contributed by atoms with Gasteiger partial charge in [0, 0.05) is 29.8 Å². The Balaban J connectivity index is 0.00000280. The Morgan fingerprint density at radius 1 is 1.32 bits per heavy atom. The van der Waals surface area contributed by atoms with Gasteiger partial charge in [0.1, 0.15) is 12.1 Å². The van der Waals surface area contributed by atoms with Crippen LogP contribution in [0.1, 0.15) is 32.4 Å². The largest absolute Gasteiger partial charge is 0.444 e. The first kappa shape index (κ1) is 23.0. The molecule has 1 fully saturated rings. The molecule has 5 nitrogen and oxygen atoms in total. The predicted octanol–water partition coefficient (Wildman–Crippen LogP) is 4.48. The Kier molecular flexibility index (Phi) is 9.07. The minimum atomic E-state index is -0.269. The molecule has 0 amide bonds. The van der Waals surface area contributed by atoms with Crippen LogP contribution < -0.4 is 10.6 Å². The van der Waals surface area contributed by atoms with Gasteiger partial charge in [-0.15, -0.1) is 24.0 Å². The summed E-state index contributed by atoms with van der Waals surface area (Å²) in [7, 11) is 0. The third-order valence-corrected chi connectivity index (χ3v) is 6.06. The summed E-state index contributed by atoms with van der Waals surface area (Å²) >= 11 is 2.02. The Morgan fingerprint density at radius 2 is 2.11 bits per heavy atom. The number of rotatable bonds is 7. The van der Waals surface area contributed by atoms with Gasteiger partial charge < -0.3 is 15.1 Å². The molecule has 3 rings (SSSR count). The van der Waals surface area contributed by atoms with E-state index < -0.39 is 0 Å². The fourth-order valence-electron chi connectivity index (χ4n) is 3.01. The van der Waals surface area contributed by atoms with E-state index in [0.717, 1.165) is 36.7 Å². The molecule has 0 spiro atoms. The summed E-state index contributed by atoms with van der Waals surface area (Å²) in [6, 6.07) is 6.15. The maximum absolute atomic E-state index is 13.0. The van der Waals surface area contributed by atoms with Gasteiger partial charge in [-0.3, -0.25) is 4.99 Å². The quantitative estimate of drug-likeness (QED) is 0.322. The zero-order chi connectivity index (χ0) is 19.1. The lowest BCUT2D eigenvalue weighted by Gasteiger charge is -2.21. The van der Waals surface area contributed by atoms with Gasteiger partial charge in [0.25, 0.3) is 0 Å². The van der Waals surface area contributed by atoms with Gasteiger partial charge in [-0.25, -0.2) is 9.37 Å². The topological polar surface area (TPSA) is 62.5 Å². The summed E-state index contributed by atoms with van der Waals surface area (Å²) in [6.45, 7) is 6.73. The summed E-state index contributed by atoms with van der Waals surface area (Å²) in [6.07, 6.45) is 4.89. The van der Waals surface area contributed by atoms with Gasteiger partial charge in [0.05, 0.1) is 12.2 Å². The molecule has 0 saturated carbocycles. The smallest absolute Gasteiger partial charge is 0.226 e. The monoisotopic (exact) mass is 518 g/mol. The third kappa shape index (κ3) is 6.65. The molecule has 1 atom stereocenters. The summed E-state index contributed by atoms with van der Waals surface area (Å²) in [5, 5.41) is 6.66. The highest BCUT2D eigenvalue weighted by Gasteiger charge is 2.29. The highest BCUT2D eigenvalue weighted by molar-refractivity contribution is 14.0. The number of aliphatic imine (C=N–C) groups is 1. The van der Waals surface area contributed by atoms with Gasteiger partial charge in [-0.05, 0) is 56.7 Å². The molecule has 2 aromatic rings. The van der Waals surface area contributed by atoms with E-state index in [1.807, 2.05) is 11.8 Å². The number of nitrogens with zero attached hydrogens (tertiary/aromatic N) is 2. The van der Waals surface area contributed by atoms with E-state index >= 15 is 0 Å². The van der Waals surface area contributed by atoms with Crippen LogP contribution in [0, 0.1) is 5.82 Å². The van der Waals surface area contributed by atoms with Gasteiger partial charge in [0.2, 0.25) is 5.89 Å². The minimum absolute atomic E-state index is 0. The molecule has 28 heavy (non-hydrogen) atoms. The van der Waals surface area contributed by atoms with Crippen molar-refractivity contribution in [3.05, 3.63) is 42.0 Å². The average Bonchev–Trinajstić information content (AvgIpc) is 3.30. The molecule has 1 aliphatic rings. The molecule has 1 unspecified atom stereocenters. The molecule has 1 saturated heterocycles. The molecule has 0 aliphatic carbocycles. The molecule has 0 radical (unpaired) electrons. The van der Waals surface area contributed by atoms with Crippen molar-refractivity contribution in [1.82, 2.24) is 15.6 Å². The van der Waals surface area contributed by atoms with Gasteiger partial charge in [0.15, 0.2) is 5.96 Å². The van der Waals surface area contributed by atoms with Crippen LogP contribution >= 0.6 is 35.7 Å². The maximum Gasteiger partial charge on any atom is 0.226 e. The third-order valence-electron chi connectivity index (χ3n) is 4.53. The SMILES string of the molecule is CCNC(=NCC1(C)CCCS1)NCCc1coc(-c2ccc(F)cc2)n1.I. The Hall–Kier alpha value is -1.29. The molecule has 1 aliphatic heterocycles. The molecule has 8 heteroatoms. The Bertz CT molecular complexity index is 760. The normalized spacial score (nSPS) is 19.3. The summed E-state index contributed by atoms with van der Waals surface area (Å²) < 4.78 is 18.8. The van der Waals surface area contributed by atoms with E-state index in [1.165, 1.54) is 30.7 Å². The fraction of sp³-hybridized carbons (Fsp3) is 0.500. The van der Waals surface area contributed by atoms with E-state index in [9.17, 15) is 4.39 Å². The summed E-state index contributed by atoms with van der Waals surface area (Å²) in [4.78, 5) is 9.23. The highest BCUT2D eigenvalue weighted by atomic mass is 127. The predicted molar refractivity (Wildman–Crippen MR) is 125 cm³/mol. The Morgan fingerprint density at radius 3 is 2.79 bits per heavy atom. The van der Waals surface area contributed by atoms with E-state index in [1.54, 1.807) is 18.4 Å². The lowest BCUT2D eigenvalue weighted by molar-refractivity contribution is 0.571. The number of guanidine groups is 1. The van der Waals surface area contributed by atoms with E-state index in [0.29, 0.717) is 12.4 Å². The van der Waals surface area contributed by atoms with Gasteiger partial charge >= 0.3 is 0 Å². The number of hydrogen-bond acceptors (Lipinski definition) is 4. The minimum Gasteiger partial charge on any atom is -0.444 e. The van der Waals surface area contributed by atoms with Crippen molar-refractivity contribution < 1.29 is 8.81 Å². The van der Waals surface area contributed by atoms with Crippen LogP contribution in [0.25, 0.3) is 11.5 Å². The number of benzene rings is 1. The van der Waals surface area contributed by atoms with Crippen LogP contribution in [-0.4, -0.2) is 41.1 Å². The lowest BCUT2D eigenvalue weighted by atomic mass is 10.1. The van der Waals surface area contributed by atoms with Crippen molar-refractivity contribution in [2.24, 2.45) is 4.99 Å². The second-order valence-electron chi connectivity index (χ2n) is 6.92.